The molecule has 2 N–H and O–H groups in total. The lowest BCUT2D eigenvalue weighted by Gasteiger charge is -2.25. The molecular weight excluding hydrogens is 266 g/mol. The number of rotatable bonds is 3. The van der Waals surface area contributed by atoms with Crippen LogP contribution >= 0.6 is 11.6 Å². The summed E-state index contributed by atoms with van der Waals surface area (Å²) in [7, 11) is 1.74. The summed E-state index contributed by atoms with van der Waals surface area (Å²) in [6.45, 7) is 2.68. The largest absolute Gasteiger partial charge is 0.394 e. The predicted octanol–water partition coefficient (Wildman–Crippen LogP) is 1.62. The lowest BCUT2D eigenvalue weighted by molar-refractivity contribution is 0.0648. The zero-order chi connectivity index (χ0) is 14.0. The number of hydrogen-bond acceptors (Lipinski definition) is 4. The number of aliphatic hydroxyl groups is 1. The maximum atomic E-state index is 12.5. The summed E-state index contributed by atoms with van der Waals surface area (Å²) < 4.78 is 0. The van der Waals surface area contributed by atoms with Gasteiger partial charge in [-0.1, -0.05) is 18.5 Å². The second-order valence-corrected chi connectivity index (χ2v) is 5.22. The van der Waals surface area contributed by atoms with Gasteiger partial charge >= 0.3 is 0 Å². The minimum Gasteiger partial charge on any atom is -0.394 e. The van der Waals surface area contributed by atoms with E-state index in [0.29, 0.717) is 28.9 Å². The normalized spacial score (nSPS) is 22.6. The maximum Gasteiger partial charge on any atom is 0.255 e. The monoisotopic (exact) mass is 283 g/mol. The van der Waals surface area contributed by atoms with Crippen LogP contribution in [0.3, 0.4) is 0 Å². The van der Waals surface area contributed by atoms with Gasteiger partial charge in [0, 0.05) is 19.8 Å². The van der Waals surface area contributed by atoms with Crippen LogP contribution in [0.2, 0.25) is 5.02 Å². The second kappa shape index (κ2) is 5.75. The topological polar surface area (TPSA) is 65.5 Å². The highest BCUT2D eigenvalue weighted by atomic mass is 35.5. The molecule has 2 rings (SSSR count). The zero-order valence-electron chi connectivity index (χ0n) is 11.1. The van der Waals surface area contributed by atoms with Gasteiger partial charge in [-0.05, 0) is 18.4 Å². The summed E-state index contributed by atoms with van der Waals surface area (Å²) >= 11 is 6.05. The molecule has 0 bridgehead atoms. The molecule has 1 aromatic rings. The van der Waals surface area contributed by atoms with Crippen LogP contribution in [0.5, 0.6) is 0 Å². The Bertz CT molecular complexity index is 481. The van der Waals surface area contributed by atoms with E-state index < -0.39 is 0 Å². The van der Waals surface area contributed by atoms with Crippen molar-refractivity contribution in [1.82, 2.24) is 9.88 Å². The first-order valence-corrected chi connectivity index (χ1v) is 6.71. The van der Waals surface area contributed by atoms with E-state index in [9.17, 15) is 9.90 Å². The van der Waals surface area contributed by atoms with Gasteiger partial charge in [-0.2, -0.15) is 0 Å². The number of pyridine rings is 1. The smallest absolute Gasteiger partial charge is 0.255 e. The Morgan fingerprint density at radius 1 is 1.68 bits per heavy atom. The van der Waals surface area contributed by atoms with Crippen molar-refractivity contribution in [2.45, 2.75) is 19.4 Å². The molecule has 1 amide bonds. The van der Waals surface area contributed by atoms with Crippen LogP contribution in [0, 0.1) is 5.92 Å². The lowest BCUT2D eigenvalue weighted by Crippen LogP contribution is -2.40. The third-order valence-electron chi connectivity index (χ3n) is 3.67. The van der Waals surface area contributed by atoms with Crippen molar-refractivity contribution in [3.63, 3.8) is 0 Å². The van der Waals surface area contributed by atoms with E-state index in [0.717, 1.165) is 6.42 Å². The molecule has 6 heteroatoms. The molecule has 1 aliphatic rings. The van der Waals surface area contributed by atoms with Gasteiger partial charge in [-0.25, -0.2) is 4.98 Å². The molecule has 0 radical (unpaired) electrons. The summed E-state index contributed by atoms with van der Waals surface area (Å²) in [5.74, 6) is 0.756. The van der Waals surface area contributed by atoms with Crippen LogP contribution < -0.4 is 5.32 Å². The zero-order valence-corrected chi connectivity index (χ0v) is 11.8. The third-order valence-corrected chi connectivity index (χ3v) is 3.97. The minimum atomic E-state index is -0.146. The number of likely N-dealkylation sites (tertiary alicyclic amines) is 1. The fourth-order valence-corrected chi connectivity index (χ4v) is 2.62. The van der Waals surface area contributed by atoms with Gasteiger partial charge in [-0.3, -0.25) is 4.79 Å². The van der Waals surface area contributed by atoms with Gasteiger partial charge in [0.1, 0.15) is 5.82 Å². The van der Waals surface area contributed by atoms with Gasteiger partial charge in [0.2, 0.25) is 0 Å². The molecule has 2 atom stereocenters. The number of carbonyl (C=O) groups excluding carboxylic acids is 1. The molecule has 1 saturated heterocycles. The highest BCUT2D eigenvalue weighted by Crippen LogP contribution is 2.28. The first kappa shape index (κ1) is 14.1. The van der Waals surface area contributed by atoms with E-state index in [4.69, 9.17) is 11.6 Å². The van der Waals surface area contributed by atoms with Crippen molar-refractivity contribution in [3.8, 4) is 0 Å². The van der Waals surface area contributed by atoms with E-state index in [-0.39, 0.29) is 18.6 Å². The van der Waals surface area contributed by atoms with E-state index in [1.165, 1.54) is 6.20 Å². The summed E-state index contributed by atoms with van der Waals surface area (Å²) in [4.78, 5) is 18.3. The number of amides is 1. The van der Waals surface area contributed by atoms with Crippen molar-refractivity contribution >= 4 is 23.3 Å². The molecule has 19 heavy (non-hydrogen) atoms. The van der Waals surface area contributed by atoms with E-state index >= 15 is 0 Å². The van der Waals surface area contributed by atoms with Gasteiger partial charge < -0.3 is 15.3 Å². The molecule has 0 saturated carbocycles. The van der Waals surface area contributed by atoms with Crippen molar-refractivity contribution in [2.75, 3.05) is 25.5 Å². The number of hydrogen-bond donors (Lipinski definition) is 2. The first-order chi connectivity index (χ1) is 9.08. The number of halogens is 1. The van der Waals surface area contributed by atoms with Gasteiger partial charge in [0.25, 0.3) is 5.91 Å². The van der Waals surface area contributed by atoms with Crippen molar-refractivity contribution in [3.05, 3.63) is 22.8 Å². The summed E-state index contributed by atoms with van der Waals surface area (Å²) in [6.07, 6.45) is 2.37. The Balaban J connectivity index is 2.29. The summed E-state index contributed by atoms with van der Waals surface area (Å²) in [5, 5.41) is 12.6. The Morgan fingerprint density at radius 2 is 2.42 bits per heavy atom. The Labute approximate surface area is 117 Å². The number of aliphatic hydroxyl groups excluding tert-OH is 1. The number of nitrogens with zero attached hydrogens (tertiary/aromatic N) is 2. The number of nitrogens with one attached hydrogen (secondary N) is 1. The number of anilines is 1. The van der Waals surface area contributed by atoms with Gasteiger partial charge in [0.15, 0.2) is 0 Å². The van der Waals surface area contributed by atoms with E-state index in [1.54, 1.807) is 18.0 Å². The standard InChI is InChI=1S/C13H18ClN3O2/c1-8-3-4-17(11(8)7-18)13(19)9-5-12(15-2)16-6-10(9)14/h5-6,8,11,18H,3-4,7H2,1-2H3,(H,15,16). The predicted molar refractivity (Wildman–Crippen MR) is 74.5 cm³/mol. The number of aromatic nitrogens is 1. The van der Waals surface area contributed by atoms with Crippen LogP contribution in [-0.2, 0) is 0 Å². The van der Waals surface area contributed by atoms with Gasteiger partial charge in [-0.15, -0.1) is 0 Å². The number of carbonyl (C=O) groups is 1. The maximum absolute atomic E-state index is 12.5. The average Bonchev–Trinajstić information content (AvgIpc) is 2.79. The molecule has 2 unspecified atom stereocenters. The van der Waals surface area contributed by atoms with Crippen LogP contribution in [0.25, 0.3) is 0 Å². The molecule has 1 fully saturated rings. The van der Waals surface area contributed by atoms with Crippen LogP contribution in [0.1, 0.15) is 23.7 Å². The molecular formula is C13H18ClN3O2. The highest BCUT2D eigenvalue weighted by molar-refractivity contribution is 6.33. The average molecular weight is 284 g/mol. The van der Waals surface area contributed by atoms with Crippen molar-refractivity contribution in [2.24, 2.45) is 5.92 Å². The van der Waals surface area contributed by atoms with E-state index in [2.05, 4.69) is 10.3 Å². The fraction of sp³-hybridized carbons (Fsp3) is 0.538. The lowest BCUT2D eigenvalue weighted by atomic mass is 10.0. The van der Waals surface area contributed by atoms with Crippen LogP contribution in [0.15, 0.2) is 12.3 Å². The molecule has 5 nitrogen and oxygen atoms in total. The van der Waals surface area contributed by atoms with Crippen molar-refractivity contribution in [1.29, 1.82) is 0 Å². The molecule has 0 spiro atoms. The van der Waals surface area contributed by atoms with Crippen LogP contribution in [0.4, 0.5) is 5.82 Å². The summed E-state index contributed by atoms with van der Waals surface area (Å²) in [5.41, 5.74) is 0.425. The Kier molecular flexibility index (Phi) is 4.27. The molecule has 0 aromatic carbocycles. The van der Waals surface area contributed by atoms with E-state index in [1.807, 2.05) is 6.92 Å². The second-order valence-electron chi connectivity index (χ2n) is 4.81. The minimum absolute atomic E-state index is 0.0194. The quantitative estimate of drug-likeness (QED) is 0.885. The first-order valence-electron chi connectivity index (χ1n) is 6.33. The molecule has 1 aliphatic heterocycles. The molecule has 1 aromatic heterocycles. The molecule has 0 aliphatic carbocycles. The molecule has 104 valence electrons. The van der Waals surface area contributed by atoms with Crippen molar-refractivity contribution < 1.29 is 9.90 Å². The van der Waals surface area contributed by atoms with Crippen LogP contribution in [-0.4, -0.2) is 47.1 Å². The highest BCUT2D eigenvalue weighted by Gasteiger charge is 2.35. The SMILES string of the molecule is CNc1cc(C(=O)N2CCC(C)C2CO)c(Cl)cn1. The van der Waals surface area contributed by atoms with Gasteiger partial charge in [0.05, 0.1) is 23.2 Å². The fourth-order valence-electron chi connectivity index (χ4n) is 2.43. The Morgan fingerprint density at radius 3 is 3.05 bits per heavy atom. The molecule has 2 heterocycles. The third kappa shape index (κ3) is 2.67. The summed E-state index contributed by atoms with van der Waals surface area (Å²) in [6, 6.07) is 1.51. The Hall–Kier alpha value is -1.33.